The first kappa shape index (κ1) is 20.9. The van der Waals surface area contributed by atoms with Gasteiger partial charge in [0.05, 0.1) is 11.1 Å². The molecule has 1 aliphatic heterocycles. The van der Waals surface area contributed by atoms with Crippen molar-refractivity contribution in [1.29, 1.82) is 0 Å². The molecule has 5 heteroatoms. The Hall–Kier alpha value is -1.81. The highest BCUT2D eigenvalue weighted by Gasteiger charge is 2.49. The van der Waals surface area contributed by atoms with E-state index >= 15 is 0 Å². The average Bonchev–Trinajstić information content (AvgIpc) is 2.86. The number of hydrogen-bond acceptors (Lipinski definition) is 3. The van der Waals surface area contributed by atoms with Crippen LogP contribution in [-0.2, 0) is 14.3 Å². The smallest absolute Gasteiger partial charge is 0.311 e. The van der Waals surface area contributed by atoms with Gasteiger partial charge in [-0.2, -0.15) is 0 Å². The standard InChI is InChI=1S/C23H30ClNO3/c1-13(2)12-18(26)28-21-20(19-15(4)6-7-17(24)16(19)5)22(27)25-23(21)10-8-14(3)9-11-23/h6-7,13-14H,8-12H2,1-5H3,(H,25,27). The predicted molar refractivity (Wildman–Crippen MR) is 112 cm³/mol. The summed E-state index contributed by atoms with van der Waals surface area (Å²) in [5.74, 6) is 0.848. The van der Waals surface area contributed by atoms with E-state index in [2.05, 4.69) is 12.2 Å². The molecule has 1 spiro atoms. The predicted octanol–water partition coefficient (Wildman–Crippen LogP) is 5.34. The highest BCUT2D eigenvalue weighted by atomic mass is 35.5. The van der Waals surface area contributed by atoms with Gasteiger partial charge in [0.25, 0.3) is 5.91 Å². The second-order valence-electron chi connectivity index (χ2n) is 8.86. The van der Waals surface area contributed by atoms with E-state index in [1.165, 1.54) is 0 Å². The first-order valence-corrected chi connectivity index (χ1v) is 10.6. The molecule has 1 aliphatic carbocycles. The van der Waals surface area contributed by atoms with Crippen molar-refractivity contribution in [2.75, 3.05) is 0 Å². The van der Waals surface area contributed by atoms with Crippen LogP contribution in [0.1, 0.15) is 69.6 Å². The number of ether oxygens (including phenoxy) is 1. The van der Waals surface area contributed by atoms with E-state index in [1.807, 2.05) is 39.8 Å². The molecule has 0 unspecified atom stereocenters. The Kier molecular flexibility index (Phi) is 5.90. The third-order valence-corrected chi connectivity index (χ3v) is 6.43. The molecule has 152 valence electrons. The van der Waals surface area contributed by atoms with Crippen molar-refractivity contribution in [3.63, 3.8) is 0 Å². The number of nitrogens with one attached hydrogen (secondary N) is 1. The molecule has 2 aliphatic rings. The van der Waals surface area contributed by atoms with Crippen LogP contribution < -0.4 is 5.32 Å². The Morgan fingerprint density at radius 2 is 1.93 bits per heavy atom. The fraction of sp³-hybridized carbons (Fsp3) is 0.565. The van der Waals surface area contributed by atoms with Crippen molar-refractivity contribution in [2.24, 2.45) is 11.8 Å². The number of amides is 1. The Morgan fingerprint density at radius 1 is 1.29 bits per heavy atom. The molecule has 28 heavy (non-hydrogen) atoms. The molecule has 1 saturated carbocycles. The van der Waals surface area contributed by atoms with Crippen LogP contribution in [0.15, 0.2) is 17.9 Å². The van der Waals surface area contributed by atoms with Gasteiger partial charge in [0, 0.05) is 11.4 Å². The summed E-state index contributed by atoms with van der Waals surface area (Å²) in [6, 6.07) is 3.75. The summed E-state index contributed by atoms with van der Waals surface area (Å²) in [5.41, 5.74) is 2.46. The van der Waals surface area contributed by atoms with Crippen LogP contribution in [-0.4, -0.2) is 17.4 Å². The van der Waals surface area contributed by atoms with Crippen LogP contribution in [0.5, 0.6) is 0 Å². The number of esters is 1. The number of carbonyl (C=O) groups is 2. The van der Waals surface area contributed by atoms with Crippen molar-refractivity contribution in [2.45, 2.75) is 72.3 Å². The van der Waals surface area contributed by atoms with E-state index in [0.717, 1.165) is 42.4 Å². The Morgan fingerprint density at radius 3 is 2.54 bits per heavy atom. The van der Waals surface area contributed by atoms with Crippen LogP contribution >= 0.6 is 11.6 Å². The zero-order chi connectivity index (χ0) is 20.6. The van der Waals surface area contributed by atoms with Crippen LogP contribution in [0.25, 0.3) is 5.57 Å². The molecule has 1 amide bonds. The number of benzene rings is 1. The fourth-order valence-electron chi connectivity index (χ4n) is 4.36. The van der Waals surface area contributed by atoms with Crippen LogP contribution in [0, 0.1) is 25.7 Å². The maximum Gasteiger partial charge on any atom is 0.311 e. The minimum absolute atomic E-state index is 0.171. The van der Waals surface area contributed by atoms with E-state index in [9.17, 15) is 9.59 Å². The maximum absolute atomic E-state index is 13.2. The summed E-state index contributed by atoms with van der Waals surface area (Å²) < 4.78 is 5.95. The minimum Gasteiger partial charge on any atom is -0.428 e. The number of carbonyl (C=O) groups excluding carboxylic acids is 2. The van der Waals surface area contributed by atoms with Gasteiger partial charge in [-0.1, -0.05) is 38.4 Å². The summed E-state index contributed by atoms with van der Waals surface area (Å²) in [5, 5.41) is 3.79. The second-order valence-corrected chi connectivity index (χ2v) is 9.27. The van der Waals surface area contributed by atoms with E-state index < -0.39 is 5.54 Å². The summed E-state index contributed by atoms with van der Waals surface area (Å²) in [6.45, 7) is 10.1. The summed E-state index contributed by atoms with van der Waals surface area (Å²) >= 11 is 6.37. The third-order valence-electron chi connectivity index (χ3n) is 6.02. The monoisotopic (exact) mass is 403 g/mol. The molecule has 1 aromatic rings. The molecule has 0 aromatic heterocycles. The molecule has 0 bridgehead atoms. The van der Waals surface area contributed by atoms with Gasteiger partial charge < -0.3 is 10.1 Å². The summed E-state index contributed by atoms with van der Waals surface area (Å²) in [4.78, 5) is 25.8. The van der Waals surface area contributed by atoms with Gasteiger partial charge in [0.15, 0.2) is 0 Å². The molecule has 1 N–H and O–H groups in total. The van der Waals surface area contributed by atoms with E-state index in [0.29, 0.717) is 28.7 Å². The zero-order valence-corrected chi connectivity index (χ0v) is 18.2. The Balaban J connectivity index is 2.15. The van der Waals surface area contributed by atoms with Gasteiger partial charge in [0.2, 0.25) is 0 Å². The zero-order valence-electron chi connectivity index (χ0n) is 17.4. The first-order chi connectivity index (χ1) is 13.1. The van der Waals surface area contributed by atoms with Crippen LogP contribution in [0.3, 0.4) is 0 Å². The average molecular weight is 404 g/mol. The Bertz CT molecular complexity index is 832. The second kappa shape index (κ2) is 7.90. The summed E-state index contributed by atoms with van der Waals surface area (Å²) in [6.07, 6.45) is 3.88. The normalized spacial score (nSPS) is 24.8. The van der Waals surface area contributed by atoms with Crippen molar-refractivity contribution >= 4 is 29.1 Å². The number of aryl methyl sites for hydroxylation is 1. The third kappa shape index (κ3) is 3.84. The maximum atomic E-state index is 13.2. The molecule has 3 rings (SSSR count). The van der Waals surface area contributed by atoms with Gasteiger partial charge in [0.1, 0.15) is 5.76 Å². The van der Waals surface area contributed by atoms with Gasteiger partial charge in [-0.25, -0.2) is 0 Å². The van der Waals surface area contributed by atoms with E-state index in [4.69, 9.17) is 16.3 Å². The highest BCUT2D eigenvalue weighted by molar-refractivity contribution is 6.32. The molecule has 0 radical (unpaired) electrons. The molecule has 0 atom stereocenters. The van der Waals surface area contributed by atoms with E-state index in [1.54, 1.807) is 0 Å². The van der Waals surface area contributed by atoms with Crippen molar-refractivity contribution in [3.8, 4) is 0 Å². The molecular weight excluding hydrogens is 374 g/mol. The van der Waals surface area contributed by atoms with Gasteiger partial charge in [-0.05, 0) is 74.1 Å². The van der Waals surface area contributed by atoms with Crippen molar-refractivity contribution in [3.05, 3.63) is 39.6 Å². The first-order valence-electron chi connectivity index (χ1n) is 10.2. The molecule has 0 saturated heterocycles. The Labute approximate surface area is 172 Å². The quantitative estimate of drug-likeness (QED) is 0.690. The minimum atomic E-state index is -0.591. The van der Waals surface area contributed by atoms with Crippen molar-refractivity contribution in [1.82, 2.24) is 5.32 Å². The SMILES string of the molecule is Cc1ccc(Cl)c(C)c1C1=C(OC(=O)CC(C)C)C2(CCC(C)CC2)NC1=O. The highest BCUT2D eigenvalue weighted by Crippen LogP contribution is 2.46. The fourth-order valence-corrected chi connectivity index (χ4v) is 4.51. The lowest BCUT2D eigenvalue weighted by molar-refractivity contribution is -0.141. The molecule has 1 fully saturated rings. The van der Waals surface area contributed by atoms with Crippen LogP contribution in [0.4, 0.5) is 0 Å². The van der Waals surface area contributed by atoms with Gasteiger partial charge in [-0.3, -0.25) is 9.59 Å². The topological polar surface area (TPSA) is 55.4 Å². The lowest BCUT2D eigenvalue weighted by Crippen LogP contribution is -2.47. The van der Waals surface area contributed by atoms with Crippen molar-refractivity contribution < 1.29 is 14.3 Å². The number of hydrogen-bond donors (Lipinski definition) is 1. The largest absolute Gasteiger partial charge is 0.428 e. The lowest BCUT2D eigenvalue weighted by atomic mass is 9.76. The molecule has 4 nitrogen and oxygen atoms in total. The molecule has 1 heterocycles. The molecule has 1 aromatic carbocycles. The van der Waals surface area contributed by atoms with Crippen LogP contribution in [0.2, 0.25) is 5.02 Å². The lowest BCUT2D eigenvalue weighted by Gasteiger charge is -2.37. The summed E-state index contributed by atoms with van der Waals surface area (Å²) in [7, 11) is 0. The van der Waals surface area contributed by atoms with E-state index in [-0.39, 0.29) is 17.8 Å². The van der Waals surface area contributed by atoms with Gasteiger partial charge in [-0.15, -0.1) is 0 Å². The van der Waals surface area contributed by atoms with Gasteiger partial charge >= 0.3 is 5.97 Å². The number of rotatable bonds is 4. The number of halogens is 1. The molecular formula is C23H30ClNO3.